The molecule has 0 radical (unpaired) electrons. The Morgan fingerprint density at radius 1 is 0.846 bits per heavy atom. The van der Waals surface area contributed by atoms with E-state index in [1.807, 2.05) is 30.3 Å². The molecule has 3 aliphatic rings. The number of anilines is 1. The van der Waals surface area contributed by atoms with Gasteiger partial charge in [-0.3, -0.25) is 34.6 Å². The van der Waals surface area contributed by atoms with E-state index < -0.39 is 51.4 Å². The average molecular weight is 524 g/mol. The highest BCUT2D eigenvalue weighted by Crippen LogP contribution is 2.54. The number of carbonyl (C=O) groups excluding carboxylic acids is 3. The number of fused-ring (bicyclic) bond motifs is 5. The Labute approximate surface area is 221 Å². The summed E-state index contributed by atoms with van der Waals surface area (Å²) in [5, 5.41) is 22.6. The summed E-state index contributed by atoms with van der Waals surface area (Å²) in [5.74, 6) is -3.59. The van der Waals surface area contributed by atoms with Crippen molar-refractivity contribution < 1.29 is 24.2 Å². The van der Waals surface area contributed by atoms with E-state index in [2.05, 4.69) is 0 Å². The van der Waals surface area contributed by atoms with Crippen molar-refractivity contribution in [2.75, 3.05) is 4.90 Å². The van der Waals surface area contributed by atoms with Crippen molar-refractivity contribution in [2.45, 2.75) is 19.0 Å². The van der Waals surface area contributed by atoms with Crippen LogP contribution in [0.1, 0.15) is 33.1 Å². The monoisotopic (exact) mass is 524 g/mol. The average Bonchev–Trinajstić information content (AvgIpc) is 3.40. The zero-order valence-corrected chi connectivity index (χ0v) is 20.5. The number of carbonyl (C=O) groups is 3. The summed E-state index contributed by atoms with van der Waals surface area (Å²) in [4.78, 5) is 66.1. The van der Waals surface area contributed by atoms with Crippen LogP contribution in [0.25, 0.3) is 6.08 Å². The lowest BCUT2D eigenvalue weighted by Crippen LogP contribution is -2.44. The molecular weight excluding hydrogens is 504 g/mol. The topological polar surface area (TPSA) is 144 Å². The number of nitrogens with zero attached hydrogens (tertiary/aromatic N) is 4. The Bertz CT molecular complexity index is 1650. The Morgan fingerprint density at radius 3 is 2.26 bits per heavy atom. The summed E-state index contributed by atoms with van der Waals surface area (Å²) >= 11 is 0. The number of ketones is 1. The summed E-state index contributed by atoms with van der Waals surface area (Å²) in [7, 11) is 0. The number of non-ortho nitro benzene ring substituents is 2. The van der Waals surface area contributed by atoms with E-state index in [0.717, 1.165) is 16.0 Å². The van der Waals surface area contributed by atoms with E-state index in [1.54, 1.807) is 18.0 Å². The second kappa shape index (κ2) is 8.69. The maximum absolute atomic E-state index is 14.0. The molecule has 3 aliphatic heterocycles. The lowest BCUT2D eigenvalue weighted by Gasteiger charge is -2.35. The molecule has 2 fully saturated rings. The van der Waals surface area contributed by atoms with Gasteiger partial charge in [0.15, 0.2) is 5.78 Å². The smallest absolute Gasteiger partial charge is 0.270 e. The molecule has 4 unspecified atom stereocenters. The third-order valence-corrected chi connectivity index (χ3v) is 7.70. The maximum Gasteiger partial charge on any atom is 0.270 e. The van der Waals surface area contributed by atoms with Gasteiger partial charge >= 0.3 is 0 Å². The molecule has 0 bridgehead atoms. The van der Waals surface area contributed by atoms with Crippen molar-refractivity contribution in [2.24, 2.45) is 11.8 Å². The molecule has 0 aliphatic carbocycles. The first kappa shape index (κ1) is 24.2. The van der Waals surface area contributed by atoms with Crippen LogP contribution in [0.2, 0.25) is 0 Å². The predicted octanol–water partition coefficient (Wildman–Crippen LogP) is 4.21. The predicted molar refractivity (Wildman–Crippen MR) is 139 cm³/mol. The zero-order valence-electron chi connectivity index (χ0n) is 20.5. The normalized spacial score (nSPS) is 22.9. The van der Waals surface area contributed by atoms with Crippen LogP contribution in [0.4, 0.5) is 17.1 Å². The van der Waals surface area contributed by atoms with E-state index in [0.29, 0.717) is 5.56 Å². The molecule has 194 valence electrons. The van der Waals surface area contributed by atoms with E-state index in [1.165, 1.54) is 42.5 Å². The molecule has 11 heteroatoms. The van der Waals surface area contributed by atoms with Gasteiger partial charge in [0.25, 0.3) is 11.4 Å². The number of nitro groups is 2. The molecule has 0 spiro atoms. The summed E-state index contributed by atoms with van der Waals surface area (Å²) in [5.41, 5.74) is 1.85. The van der Waals surface area contributed by atoms with E-state index in [9.17, 15) is 34.6 Å². The quantitative estimate of drug-likeness (QED) is 0.209. The summed E-state index contributed by atoms with van der Waals surface area (Å²) < 4.78 is 0. The van der Waals surface area contributed by atoms with Gasteiger partial charge in [-0.2, -0.15) is 0 Å². The summed E-state index contributed by atoms with van der Waals surface area (Å²) in [6.07, 6.45) is 3.51. The van der Waals surface area contributed by atoms with Crippen molar-refractivity contribution in [1.29, 1.82) is 0 Å². The van der Waals surface area contributed by atoms with Crippen LogP contribution in [-0.2, 0) is 9.59 Å². The number of rotatable bonds is 5. The summed E-state index contributed by atoms with van der Waals surface area (Å²) in [6, 6.07) is 14.9. The number of nitro benzene ring substituents is 2. The van der Waals surface area contributed by atoms with Crippen LogP contribution in [0.15, 0.2) is 72.9 Å². The number of imide groups is 1. The van der Waals surface area contributed by atoms with Crippen LogP contribution in [0.3, 0.4) is 0 Å². The molecule has 39 heavy (non-hydrogen) atoms. The molecule has 3 aromatic rings. The molecule has 0 aromatic heterocycles. The number of hydrogen-bond acceptors (Lipinski definition) is 8. The fourth-order valence-electron chi connectivity index (χ4n) is 6.04. The van der Waals surface area contributed by atoms with Crippen molar-refractivity contribution in [3.05, 3.63) is 115 Å². The van der Waals surface area contributed by atoms with Gasteiger partial charge in [-0.15, -0.1) is 0 Å². The number of Topliss-reactive ketones (excluding diaryl/α,β-unsaturated/α-hetero) is 1. The molecule has 3 aromatic carbocycles. The largest absolute Gasteiger partial charge is 0.358 e. The van der Waals surface area contributed by atoms with Gasteiger partial charge in [-0.25, -0.2) is 4.90 Å². The van der Waals surface area contributed by atoms with Crippen LogP contribution in [-0.4, -0.2) is 38.4 Å². The lowest BCUT2D eigenvalue weighted by molar-refractivity contribution is -0.385. The van der Waals surface area contributed by atoms with E-state index in [4.69, 9.17) is 0 Å². The van der Waals surface area contributed by atoms with Gasteiger partial charge in [0.1, 0.15) is 6.04 Å². The highest BCUT2D eigenvalue weighted by atomic mass is 16.6. The number of aryl methyl sites for hydroxylation is 1. The van der Waals surface area contributed by atoms with E-state index in [-0.39, 0.29) is 22.6 Å². The molecule has 2 saturated heterocycles. The van der Waals surface area contributed by atoms with Gasteiger partial charge in [-0.05, 0) is 35.8 Å². The molecule has 11 nitrogen and oxygen atoms in total. The minimum absolute atomic E-state index is 0.0612. The third-order valence-electron chi connectivity index (χ3n) is 7.70. The summed E-state index contributed by atoms with van der Waals surface area (Å²) in [6.45, 7) is 1.58. The SMILES string of the molecule is Cc1cc([N+](=O)[O-])ccc1N1C(=O)C2C(C1=O)C1c3ccccc3C=CN1C2C(=O)c1cccc([N+](=O)[O-])c1. The molecule has 3 heterocycles. The van der Waals surface area contributed by atoms with Crippen molar-refractivity contribution in [3.8, 4) is 0 Å². The standard InChI is InChI=1S/C28H20N4O7/c1-15-13-19(32(38)39)9-10-21(15)30-27(34)22-23(28(30)35)25(26(33)17-6-4-7-18(14-17)31(36)37)29-12-11-16-5-2-3-8-20(16)24(22)29/h2-14,22-25H,1H3. The first-order valence-corrected chi connectivity index (χ1v) is 12.1. The number of benzene rings is 3. The minimum atomic E-state index is -1.09. The van der Waals surface area contributed by atoms with Gasteiger partial charge in [0, 0.05) is 36.0 Å². The minimum Gasteiger partial charge on any atom is -0.358 e. The van der Waals surface area contributed by atoms with Crippen molar-refractivity contribution in [3.63, 3.8) is 0 Å². The number of amides is 2. The van der Waals surface area contributed by atoms with Gasteiger partial charge < -0.3 is 4.90 Å². The lowest BCUT2D eigenvalue weighted by atomic mass is 9.83. The Morgan fingerprint density at radius 2 is 1.54 bits per heavy atom. The molecule has 4 atom stereocenters. The Kier molecular flexibility index (Phi) is 5.38. The second-order valence-corrected chi connectivity index (χ2v) is 9.74. The van der Waals surface area contributed by atoms with Crippen LogP contribution in [0, 0.1) is 39.0 Å². The molecule has 0 saturated carbocycles. The van der Waals surface area contributed by atoms with E-state index >= 15 is 0 Å². The van der Waals surface area contributed by atoms with Crippen LogP contribution in [0.5, 0.6) is 0 Å². The Hall–Kier alpha value is -5.19. The molecule has 2 amide bonds. The van der Waals surface area contributed by atoms with Crippen LogP contribution >= 0.6 is 0 Å². The second-order valence-electron chi connectivity index (χ2n) is 9.74. The molecule has 6 rings (SSSR count). The fourth-order valence-corrected chi connectivity index (χ4v) is 6.04. The zero-order chi connectivity index (χ0) is 27.6. The van der Waals surface area contributed by atoms with Gasteiger partial charge in [-0.1, -0.05) is 36.4 Å². The Balaban J connectivity index is 1.49. The van der Waals surface area contributed by atoms with Crippen molar-refractivity contribution >= 4 is 40.7 Å². The maximum atomic E-state index is 14.0. The molecule has 0 N–H and O–H groups in total. The number of hydrogen-bond donors (Lipinski definition) is 0. The molecular formula is C28H20N4O7. The van der Waals surface area contributed by atoms with Crippen LogP contribution < -0.4 is 4.90 Å². The highest BCUT2D eigenvalue weighted by molar-refractivity contribution is 6.25. The first-order valence-electron chi connectivity index (χ1n) is 12.1. The van der Waals surface area contributed by atoms with Gasteiger partial charge in [0.2, 0.25) is 11.8 Å². The third kappa shape index (κ3) is 3.54. The van der Waals surface area contributed by atoms with Crippen molar-refractivity contribution in [1.82, 2.24) is 4.90 Å². The highest BCUT2D eigenvalue weighted by Gasteiger charge is 2.64. The van der Waals surface area contributed by atoms with Gasteiger partial charge in [0.05, 0.1) is 33.4 Å². The first-order chi connectivity index (χ1) is 18.7. The fraction of sp³-hybridized carbons (Fsp3) is 0.179.